The van der Waals surface area contributed by atoms with Gasteiger partial charge in [0.2, 0.25) is 0 Å². The molecular weight excluding hydrogens is 248 g/mol. The molecule has 2 rings (SSSR count). The molecule has 0 N–H and O–H groups in total. The number of hydrogen-bond acceptors (Lipinski definition) is 2. The van der Waals surface area contributed by atoms with Crippen LogP contribution in [-0.4, -0.2) is 13.2 Å². The average molecular weight is 272 g/mol. The Hall–Kier alpha value is -1.70. The molecule has 0 amide bonds. The average Bonchev–Trinajstić information content (AvgIpc) is 2.42. The van der Waals surface area contributed by atoms with Gasteiger partial charge in [-0.2, -0.15) is 0 Å². The number of fused-ring (bicyclic) bond motifs is 1. The predicted octanol–water partition coefficient (Wildman–Crippen LogP) is 4.91. The standard InChI is InChI=1S/C18H24O2/c1-13(2)11-19-17-9-5-8-16-15(17)7-6-10-18(16)20-12-14(3)4/h5-10,13-14H,11-12H2,1-4H3. The SMILES string of the molecule is CC(C)COc1cccc2c(OCC(C)C)cccc12. The Balaban J connectivity index is 2.30. The highest BCUT2D eigenvalue weighted by Gasteiger charge is 2.08. The molecule has 0 bridgehead atoms. The fourth-order valence-corrected chi connectivity index (χ4v) is 2.02. The van der Waals surface area contributed by atoms with Crippen molar-refractivity contribution in [2.75, 3.05) is 13.2 Å². The third-order valence-corrected chi connectivity index (χ3v) is 2.99. The minimum atomic E-state index is 0.519. The minimum Gasteiger partial charge on any atom is -0.493 e. The Morgan fingerprint density at radius 2 is 1.10 bits per heavy atom. The predicted molar refractivity (Wildman–Crippen MR) is 84.6 cm³/mol. The first-order valence-electron chi connectivity index (χ1n) is 7.35. The molecule has 0 unspecified atom stereocenters. The number of ether oxygens (including phenoxy) is 2. The Kier molecular flexibility index (Phi) is 4.89. The Bertz CT molecular complexity index is 507. The van der Waals surface area contributed by atoms with E-state index < -0.39 is 0 Å². The van der Waals surface area contributed by atoms with E-state index in [-0.39, 0.29) is 0 Å². The first-order valence-corrected chi connectivity index (χ1v) is 7.35. The lowest BCUT2D eigenvalue weighted by atomic mass is 10.1. The lowest BCUT2D eigenvalue weighted by Gasteiger charge is -2.14. The Labute approximate surface area is 121 Å². The summed E-state index contributed by atoms with van der Waals surface area (Å²) in [5.41, 5.74) is 0. The highest BCUT2D eigenvalue weighted by molar-refractivity contribution is 5.93. The Morgan fingerprint density at radius 3 is 1.45 bits per heavy atom. The first-order chi connectivity index (χ1) is 9.58. The highest BCUT2D eigenvalue weighted by atomic mass is 16.5. The van der Waals surface area contributed by atoms with Gasteiger partial charge in [0, 0.05) is 10.8 Å². The molecule has 2 nitrogen and oxygen atoms in total. The van der Waals surface area contributed by atoms with Crippen molar-refractivity contribution in [2.24, 2.45) is 11.8 Å². The molecule has 0 saturated carbocycles. The summed E-state index contributed by atoms with van der Waals surface area (Å²) < 4.78 is 11.8. The number of benzene rings is 2. The van der Waals surface area contributed by atoms with E-state index in [9.17, 15) is 0 Å². The first kappa shape index (κ1) is 14.7. The molecule has 0 saturated heterocycles. The molecule has 2 heteroatoms. The zero-order valence-electron chi connectivity index (χ0n) is 12.8. The molecule has 108 valence electrons. The van der Waals surface area contributed by atoms with E-state index >= 15 is 0 Å². The molecule has 0 aliphatic rings. The summed E-state index contributed by atoms with van der Waals surface area (Å²) in [6.07, 6.45) is 0. The van der Waals surface area contributed by atoms with Crippen LogP contribution in [0.4, 0.5) is 0 Å². The molecule has 0 heterocycles. The van der Waals surface area contributed by atoms with E-state index in [0.717, 1.165) is 35.5 Å². The van der Waals surface area contributed by atoms with E-state index in [4.69, 9.17) is 9.47 Å². The van der Waals surface area contributed by atoms with Gasteiger partial charge in [-0.3, -0.25) is 0 Å². The number of rotatable bonds is 6. The van der Waals surface area contributed by atoms with Crippen molar-refractivity contribution in [1.82, 2.24) is 0 Å². The largest absolute Gasteiger partial charge is 0.493 e. The minimum absolute atomic E-state index is 0.519. The third kappa shape index (κ3) is 3.66. The summed E-state index contributed by atoms with van der Waals surface area (Å²) in [7, 11) is 0. The van der Waals surface area contributed by atoms with Gasteiger partial charge < -0.3 is 9.47 Å². The lowest BCUT2D eigenvalue weighted by Crippen LogP contribution is -2.06. The van der Waals surface area contributed by atoms with Gasteiger partial charge >= 0.3 is 0 Å². The topological polar surface area (TPSA) is 18.5 Å². The molecule has 0 spiro atoms. The monoisotopic (exact) mass is 272 g/mol. The van der Waals surface area contributed by atoms with Gasteiger partial charge in [-0.05, 0) is 24.0 Å². The van der Waals surface area contributed by atoms with Crippen LogP contribution in [0.15, 0.2) is 36.4 Å². The second-order valence-corrected chi connectivity index (χ2v) is 6.02. The summed E-state index contributed by atoms with van der Waals surface area (Å²) in [5.74, 6) is 2.91. The molecule has 0 aliphatic heterocycles. The van der Waals surface area contributed by atoms with Crippen LogP contribution in [0.25, 0.3) is 10.8 Å². The van der Waals surface area contributed by atoms with E-state index in [1.807, 2.05) is 24.3 Å². The van der Waals surface area contributed by atoms with Crippen LogP contribution in [-0.2, 0) is 0 Å². The zero-order chi connectivity index (χ0) is 14.5. The molecule has 0 fully saturated rings. The van der Waals surface area contributed by atoms with Crippen LogP contribution in [0, 0.1) is 11.8 Å². The smallest absolute Gasteiger partial charge is 0.127 e. The van der Waals surface area contributed by atoms with Gasteiger partial charge in [-0.15, -0.1) is 0 Å². The molecule has 20 heavy (non-hydrogen) atoms. The van der Waals surface area contributed by atoms with Crippen molar-refractivity contribution in [1.29, 1.82) is 0 Å². The second-order valence-electron chi connectivity index (χ2n) is 6.02. The second kappa shape index (κ2) is 6.65. The molecule has 0 radical (unpaired) electrons. The maximum atomic E-state index is 5.91. The molecule has 2 aromatic carbocycles. The summed E-state index contributed by atoms with van der Waals surface area (Å²) in [6.45, 7) is 10.1. The van der Waals surface area contributed by atoms with E-state index in [0.29, 0.717) is 11.8 Å². The van der Waals surface area contributed by atoms with Gasteiger partial charge in [0.05, 0.1) is 13.2 Å². The zero-order valence-corrected chi connectivity index (χ0v) is 12.8. The van der Waals surface area contributed by atoms with Crippen LogP contribution in [0.2, 0.25) is 0 Å². The van der Waals surface area contributed by atoms with Gasteiger partial charge in [0.1, 0.15) is 11.5 Å². The molecule has 2 aromatic rings. The molecular formula is C18H24O2. The van der Waals surface area contributed by atoms with Crippen molar-refractivity contribution < 1.29 is 9.47 Å². The van der Waals surface area contributed by atoms with Crippen LogP contribution in [0.1, 0.15) is 27.7 Å². The van der Waals surface area contributed by atoms with E-state index in [1.165, 1.54) is 0 Å². The van der Waals surface area contributed by atoms with Crippen LogP contribution >= 0.6 is 0 Å². The van der Waals surface area contributed by atoms with Crippen LogP contribution in [0.3, 0.4) is 0 Å². The van der Waals surface area contributed by atoms with Gasteiger partial charge in [-0.25, -0.2) is 0 Å². The molecule has 0 aliphatic carbocycles. The van der Waals surface area contributed by atoms with E-state index in [2.05, 4.69) is 39.8 Å². The summed E-state index contributed by atoms with van der Waals surface area (Å²) in [6, 6.07) is 12.3. The van der Waals surface area contributed by atoms with Crippen LogP contribution < -0.4 is 9.47 Å². The van der Waals surface area contributed by atoms with Crippen molar-refractivity contribution >= 4 is 10.8 Å². The van der Waals surface area contributed by atoms with Crippen molar-refractivity contribution in [3.05, 3.63) is 36.4 Å². The molecule has 0 aromatic heterocycles. The van der Waals surface area contributed by atoms with Crippen molar-refractivity contribution in [3.8, 4) is 11.5 Å². The quantitative estimate of drug-likeness (QED) is 0.744. The molecule has 0 atom stereocenters. The van der Waals surface area contributed by atoms with E-state index in [1.54, 1.807) is 0 Å². The fourth-order valence-electron chi connectivity index (χ4n) is 2.02. The van der Waals surface area contributed by atoms with Gasteiger partial charge in [-0.1, -0.05) is 52.0 Å². The number of hydrogen-bond donors (Lipinski definition) is 0. The maximum absolute atomic E-state index is 5.91. The normalized spacial score (nSPS) is 11.3. The summed E-state index contributed by atoms with van der Waals surface area (Å²) >= 11 is 0. The van der Waals surface area contributed by atoms with Gasteiger partial charge in [0.25, 0.3) is 0 Å². The Morgan fingerprint density at radius 1 is 0.700 bits per heavy atom. The van der Waals surface area contributed by atoms with Crippen molar-refractivity contribution in [2.45, 2.75) is 27.7 Å². The van der Waals surface area contributed by atoms with Crippen molar-refractivity contribution in [3.63, 3.8) is 0 Å². The fraction of sp³-hybridized carbons (Fsp3) is 0.444. The lowest BCUT2D eigenvalue weighted by molar-refractivity contribution is 0.271. The summed E-state index contributed by atoms with van der Waals surface area (Å²) in [5, 5.41) is 2.24. The maximum Gasteiger partial charge on any atom is 0.127 e. The summed E-state index contributed by atoms with van der Waals surface area (Å²) in [4.78, 5) is 0. The van der Waals surface area contributed by atoms with Crippen LogP contribution in [0.5, 0.6) is 11.5 Å². The highest BCUT2D eigenvalue weighted by Crippen LogP contribution is 2.32. The third-order valence-electron chi connectivity index (χ3n) is 2.99. The van der Waals surface area contributed by atoms with Gasteiger partial charge in [0.15, 0.2) is 0 Å².